The number of hydrogen-bond donors (Lipinski definition) is 4. The van der Waals surface area contributed by atoms with Gasteiger partial charge in [0.25, 0.3) is 0 Å². The lowest BCUT2D eigenvalue weighted by molar-refractivity contribution is -0.164. The fourth-order valence-electron chi connectivity index (χ4n) is 5.91. The van der Waals surface area contributed by atoms with Gasteiger partial charge in [-0.1, -0.05) is 180 Å². The van der Waals surface area contributed by atoms with Gasteiger partial charge in [-0.05, 0) is 12.8 Å². The molecule has 0 bridgehead atoms. The molecule has 0 rings (SSSR count). The van der Waals surface area contributed by atoms with Crippen LogP contribution >= 0.6 is 11.8 Å². The second-order valence-corrected chi connectivity index (χ2v) is 14.6. The molecular weight excluding hydrogens is 614 g/mol. The zero-order chi connectivity index (χ0) is 35.2. The van der Waals surface area contributed by atoms with Crippen LogP contribution in [0.25, 0.3) is 0 Å². The van der Waals surface area contributed by atoms with Crippen LogP contribution in [0.5, 0.6) is 0 Å². The van der Waals surface area contributed by atoms with Crippen molar-refractivity contribution >= 4 is 34.4 Å². The van der Waals surface area contributed by atoms with Crippen molar-refractivity contribution in [2.45, 2.75) is 211 Å². The molecule has 0 aliphatic heterocycles. The monoisotopic (exact) mass is 685 g/mol. The van der Waals surface area contributed by atoms with Crippen LogP contribution in [0.3, 0.4) is 0 Å². The first-order valence-electron chi connectivity index (χ1n) is 19.2. The Morgan fingerprint density at radius 1 is 0.574 bits per heavy atom. The zero-order valence-electron chi connectivity index (χ0n) is 30.1. The van der Waals surface area contributed by atoms with Crippen LogP contribution in [0.2, 0.25) is 0 Å². The van der Waals surface area contributed by atoms with Gasteiger partial charge in [-0.2, -0.15) is 0 Å². The van der Waals surface area contributed by atoms with Crippen molar-refractivity contribution < 1.29 is 34.5 Å². The molecule has 0 aliphatic carbocycles. The van der Waals surface area contributed by atoms with Crippen LogP contribution in [0, 0.1) is 0 Å². The maximum Gasteiger partial charge on any atom is 0.321 e. The van der Waals surface area contributed by atoms with E-state index in [4.69, 9.17) is 10.8 Å². The lowest BCUT2D eigenvalue weighted by Gasteiger charge is -2.29. The molecule has 3 atom stereocenters. The number of Topliss-reactive ketones (excluding diaryl/α,β-unsaturated/α-hetero) is 2. The summed E-state index contributed by atoms with van der Waals surface area (Å²) in [5.41, 5.74) is 2.59. The number of carbonyl (C=O) groups excluding carboxylic acids is 3. The Morgan fingerprint density at radius 3 is 1.23 bits per heavy atom. The lowest BCUT2D eigenvalue weighted by Crippen LogP contribution is -2.58. The van der Waals surface area contributed by atoms with Crippen molar-refractivity contribution in [2.24, 2.45) is 5.73 Å². The first kappa shape index (κ1) is 45.7. The van der Waals surface area contributed by atoms with E-state index in [9.17, 15) is 29.4 Å². The summed E-state index contributed by atoms with van der Waals surface area (Å²) in [6.45, 7) is 4.45. The van der Waals surface area contributed by atoms with Crippen LogP contribution in [-0.2, 0) is 19.2 Å². The molecule has 0 aromatic carbocycles. The van der Waals surface area contributed by atoms with E-state index in [-0.39, 0.29) is 18.6 Å². The fraction of sp³-hybridized carbons (Fsp3) is 0.895. The van der Waals surface area contributed by atoms with Crippen molar-refractivity contribution in [3.05, 3.63) is 0 Å². The van der Waals surface area contributed by atoms with Crippen molar-refractivity contribution in [3.63, 3.8) is 0 Å². The Bertz CT molecular complexity index is 824. The quantitative estimate of drug-likeness (QED) is 0.0378. The molecule has 0 aromatic heterocycles. The number of rotatable bonds is 35. The highest BCUT2D eigenvalue weighted by Gasteiger charge is 2.52. The fourth-order valence-corrected chi connectivity index (χ4v) is 6.82. The van der Waals surface area contributed by atoms with E-state index < -0.39 is 40.4 Å². The van der Waals surface area contributed by atoms with Gasteiger partial charge in [-0.15, -0.1) is 0 Å². The molecule has 5 N–H and O–H groups in total. The summed E-state index contributed by atoms with van der Waals surface area (Å²) >= 11 is 0.376. The van der Waals surface area contributed by atoms with Gasteiger partial charge in [0.05, 0.1) is 0 Å². The molecule has 0 radical (unpaired) electrons. The number of carboxylic acids is 1. The van der Waals surface area contributed by atoms with Crippen molar-refractivity contribution in [2.75, 3.05) is 5.75 Å². The highest BCUT2D eigenvalue weighted by atomic mass is 32.2. The number of nitrogens with two attached hydrogens (primary N) is 1. The summed E-state index contributed by atoms with van der Waals surface area (Å²) in [5, 5.41) is 30.0. The molecule has 8 nitrogen and oxygen atoms in total. The summed E-state index contributed by atoms with van der Waals surface area (Å²) < 4.78 is 0. The van der Waals surface area contributed by atoms with Gasteiger partial charge >= 0.3 is 5.97 Å². The van der Waals surface area contributed by atoms with Crippen LogP contribution in [0.15, 0.2) is 0 Å². The number of carbonyl (C=O) groups is 4. The van der Waals surface area contributed by atoms with Crippen LogP contribution in [0.1, 0.15) is 194 Å². The predicted octanol–water partition coefficient (Wildman–Crippen LogP) is 8.85. The molecule has 0 spiro atoms. The van der Waals surface area contributed by atoms with Gasteiger partial charge in [0.1, 0.15) is 6.04 Å². The molecule has 0 saturated carbocycles. The number of aliphatic hydroxyl groups excluding tert-OH is 1. The SMILES string of the molecule is CCCCCCCCCCCCCCCC(=O)C(O)C(O)(C(=O)CCCCCCCCCCCCCCC)C(=O)SCC(N)C(=O)O. The van der Waals surface area contributed by atoms with E-state index in [1.807, 2.05) is 0 Å². The molecule has 0 amide bonds. The minimum atomic E-state index is -2.91. The third kappa shape index (κ3) is 22.9. The Kier molecular flexibility index (Phi) is 29.9. The molecule has 9 heteroatoms. The van der Waals surface area contributed by atoms with Crippen molar-refractivity contribution in [1.29, 1.82) is 0 Å². The second kappa shape index (κ2) is 30.7. The second-order valence-electron chi connectivity index (χ2n) is 13.6. The predicted molar refractivity (Wildman–Crippen MR) is 195 cm³/mol. The van der Waals surface area contributed by atoms with Gasteiger partial charge in [0, 0.05) is 18.6 Å². The molecule has 3 unspecified atom stereocenters. The average molecular weight is 686 g/mol. The standard InChI is InChI=1S/C38H71NO7S/c1-3-5-7-9-11-13-15-17-19-21-23-25-27-29-33(40)35(42)38(46,37(45)47-31-32(39)36(43)44)34(41)30-28-26-24-22-20-18-16-14-12-10-8-6-4-2/h32,35,42,46H,3-31,39H2,1-2H3,(H,43,44). The maximum atomic E-state index is 13.2. The molecule has 0 heterocycles. The van der Waals surface area contributed by atoms with Crippen LogP contribution < -0.4 is 5.73 Å². The third-order valence-corrected chi connectivity index (χ3v) is 10.3. The molecule has 0 aromatic rings. The molecule has 0 fully saturated rings. The Labute approximate surface area is 291 Å². The van der Waals surface area contributed by atoms with Gasteiger partial charge in [0.15, 0.2) is 17.7 Å². The average Bonchev–Trinajstić information content (AvgIpc) is 3.06. The van der Waals surface area contributed by atoms with E-state index >= 15 is 0 Å². The van der Waals surface area contributed by atoms with Gasteiger partial charge < -0.3 is 21.1 Å². The first-order valence-corrected chi connectivity index (χ1v) is 20.2. The first-order chi connectivity index (χ1) is 22.6. The summed E-state index contributed by atoms with van der Waals surface area (Å²) in [6.07, 6.45) is 27.0. The van der Waals surface area contributed by atoms with E-state index in [1.54, 1.807) is 0 Å². The maximum absolute atomic E-state index is 13.2. The summed E-state index contributed by atoms with van der Waals surface area (Å²) in [6, 6.07) is -1.39. The number of carboxylic acid groups (broad SMARTS) is 1. The molecule has 276 valence electrons. The molecule has 0 aliphatic rings. The Morgan fingerprint density at radius 2 is 0.894 bits per heavy atom. The van der Waals surface area contributed by atoms with Gasteiger partial charge in [0.2, 0.25) is 10.7 Å². The summed E-state index contributed by atoms with van der Waals surface area (Å²) in [5.74, 6) is -3.35. The molecule has 0 saturated heterocycles. The highest BCUT2D eigenvalue weighted by molar-refractivity contribution is 8.14. The Hall–Kier alpha value is -1.29. The minimum Gasteiger partial charge on any atom is -0.480 e. The van der Waals surface area contributed by atoms with E-state index in [0.29, 0.717) is 24.6 Å². The van der Waals surface area contributed by atoms with E-state index in [2.05, 4.69) is 13.8 Å². The smallest absolute Gasteiger partial charge is 0.321 e. The topological polar surface area (TPSA) is 155 Å². The largest absolute Gasteiger partial charge is 0.480 e. The van der Waals surface area contributed by atoms with E-state index in [1.165, 1.54) is 103 Å². The molecular formula is C38H71NO7S. The van der Waals surface area contributed by atoms with Crippen LogP contribution in [0.4, 0.5) is 0 Å². The zero-order valence-corrected chi connectivity index (χ0v) is 30.9. The van der Waals surface area contributed by atoms with Gasteiger partial charge in [-0.3, -0.25) is 19.2 Å². The number of thioether (sulfide) groups is 1. The third-order valence-electron chi connectivity index (χ3n) is 9.18. The summed E-state index contributed by atoms with van der Waals surface area (Å²) in [4.78, 5) is 50.2. The number of hydrogen-bond acceptors (Lipinski definition) is 8. The lowest BCUT2D eigenvalue weighted by atomic mass is 9.86. The number of aliphatic hydroxyl groups is 2. The molecule has 47 heavy (non-hydrogen) atoms. The normalized spacial score (nSPS) is 14.1. The van der Waals surface area contributed by atoms with Crippen LogP contribution in [-0.4, -0.2) is 61.5 Å². The van der Waals surface area contributed by atoms with E-state index in [0.717, 1.165) is 51.4 Å². The number of aliphatic carboxylic acids is 1. The van der Waals surface area contributed by atoms with Gasteiger partial charge in [-0.25, -0.2) is 0 Å². The van der Waals surface area contributed by atoms with Crippen molar-refractivity contribution in [3.8, 4) is 0 Å². The minimum absolute atomic E-state index is 0.0418. The number of ketones is 2. The number of unbranched alkanes of at least 4 members (excludes halogenated alkanes) is 24. The van der Waals surface area contributed by atoms with Crippen molar-refractivity contribution in [1.82, 2.24) is 0 Å². The summed E-state index contributed by atoms with van der Waals surface area (Å²) in [7, 11) is 0. The Balaban J connectivity index is 4.60. The highest BCUT2D eigenvalue weighted by Crippen LogP contribution is 2.27.